The van der Waals surface area contributed by atoms with Crippen LogP contribution in [0.5, 0.6) is 11.5 Å². The minimum atomic E-state index is -0.191. The SMILES string of the molecule is Oc1c(Br)ccc(-c2nc3ccccc3[nH]2)c1O. The standard InChI is InChI=1S/C13H9BrN2O2/c14-8-6-5-7(11(17)12(8)18)13-15-9-3-1-2-4-10(9)16-13/h1-6,17-18H,(H,15,16). The summed E-state index contributed by atoms with van der Waals surface area (Å²) in [6, 6.07) is 10.9. The van der Waals surface area contributed by atoms with Crippen LogP contribution in [0.25, 0.3) is 22.4 Å². The topological polar surface area (TPSA) is 69.1 Å². The predicted molar refractivity (Wildman–Crippen MR) is 72.6 cm³/mol. The van der Waals surface area contributed by atoms with Gasteiger partial charge in [-0.25, -0.2) is 4.98 Å². The summed E-state index contributed by atoms with van der Waals surface area (Å²) in [6.45, 7) is 0. The fourth-order valence-electron chi connectivity index (χ4n) is 1.83. The van der Waals surface area contributed by atoms with E-state index in [1.807, 2.05) is 24.3 Å². The Labute approximate surface area is 111 Å². The molecular weight excluding hydrogens is 296 g/mol. The van der Waals surface area contributed by atoms with Crippen molar-refractivity contribution in [3.05, 3.63) is 40.9 Å². The van der Waals surface area contributed by atoms with Crippen molar-refractivity contribution in [3.63, 3.8) is 0 Å². The van der Waals surface area contributed by atoms with Gasteiger partial charge in [0.2, 0.25) is 0 Å². The summed E-state index contributed by atoms with van der Waals surface area (Å²) >= 11 is 3.15. The number of aromatic nitrogens is 2. The first-order valence-corrected chi connectivity index (χ1v) is 6.11. The van der Waals surface area contributed by atoms with Crippen LogP contribution in [0.4, 0.5) is 0 Å². The molecule has 0 aliphatic rings. The number of halogens is 1. The smallest absolute Gasteiger partial charge is 0.172 e. The first kappa shape index (κ1) is 11.1. The molecule has 3 N–H and O–H groups in total. The van der Waals surface area contributed by atoms with Crippen LogP contribution in [0.1, 0.15) is 0 Å². The lowest BCUT2D eigenvalue weighted by Crippen LogP contribution is -1.83. The van der Waals surface area contributed by atoms with E-state index in [1.54, 1.807) is 12.1 Å². The molecule has 0 saturated carbocycles. The molecule has 0 aliphatic heterocycles. The van der Waals surface area contributed by atoms with E-state index in [4.69, 9.17) is 0 Å². The molecular formula is C13H9BrN2O2. The van der Waals surface area contributed by atoms with Gasteiger partial charge in [-0.2, -0.15) is 0 Å². The highest BCUT2D eigenvalue weighted by atomic mass is 79.9. The van der Waals surface area contributed by atoms with Gasteiger partial charge in [0.05, 0.1) is 21.1 Å². The number of aromatic hydroxyl groups is 2. The first-order chi connectivity index (χ1) is 8.66. The van der Waals surface area contributed by atoms with E-state index in [2.05, 4.69) is 25.9 Å². The molecule has 1 heterocycles. The summed E-state index contributed by atoms with van der Waals surface area (Å²) in [5.41, 5.74) is 2.16. The quantitative estimate of drug-likeness (QED) is 0.603. The fourth-order valence-corrected chi connectivity index (χ4v) is 2.15. The third-order valence-corrected chi connectivity index (χ3v) is 3.39. The highest BCUT2D eigenvalue weighted by molar-refractivity contribution is 9.10. The molecule has 3 rings (SSSR count). The van der Waals surface area contributed by atoms with Crippen LogP contribution in [0.2, 0.25) is 0 Å². The molecule has 0 fully saturated rings. The largest absolute Gasteiger partial charge is 0.504 e. The lowest BCUT2D eigenvalue weighted by atomic mass is 10.2. The molecule has 1 aromatic heterocycles. The van der Waals surface area contributed by atoms with E-state index in [-0.39, 0.29) is 11.5 Å². The number of rotatable bonds is 1. The normalized spacial score (nSPS) is 10.9. The fraction of sp³-hybridized carbons (Fsp3) is 0. The third-order valence-electron chi connectivity index (χ3n) is 2.75. The molecule has 0 atom stereocenters. The Morgan fingerprint density at radius 3 is 2.56 bits per heavy atom. The molecule has 2 aromatic carbocycles. The number of nitrogens with zero attached hydrogens (tertiary/aromatic N) is 1. The van der Waals surface area contributed by atoms with Gasteiger partial charge < -0.3 is 15.2 Å². The number of hydrogen-bond donors (Lipinski definition) is 3. The highest BCUT2D eigenvalue weighted by Crippen LogP contribution is 2.40. The Bertz CT molecular complexity index is 704. The van der Waals surface area contributed by atoms with Crippen LogP contribution in [0.15, 0.2) is 40.9 Å². The van der Waals surface area contributed by atoms with Crippen molar-refractivity contribution in [2.75, 3.05) is 0 Å². The lowest BCUT2D eigenvalue weighted by Gasteiger charge is -2.04. The Morgan fingerprint density at radius 1 is 1.00 bits per heavy atom. The van der Waals surface area contributed by atoms with Crippen molar-refractivity contribution in [3.8, 4) is 22.9 Å². The Hall–Kier alpha value is -2.01. The van der Waals surface area contributed by atoms with Crippen molar-refractivity contribution in [1.29, 1.82) is 0 Å². The maximum Gasteiger partial charge on any atom is 0.172 e. The minimum absolute atomic E-state index is 0.187. The summed E-state index contributed by atoms with van der Waals surface area (Å²) in [5, 5.41) is 19.6. The molecule has 0 amide bonds. The zero-order valence-corrected chi connectivity index (χ0v) is 10.8. The maximum absolute atomic E-state index is 9.92. The zero-order chi connectivity index (χ0) is 12.7. The number of hydrogen-bond acceptors (Lipinski definition) is 3. The van der Waals surface area contributed by atoms with Crippen LogP contribution >= 0.6 is 15.9 Å². The molecule has 0 spiro atoms. The highest BCUT2D eigenvalue weighted by Gasteiger charge is 2.14. The number of nitrogens with one attached hydrogen (secondary N) is 1. The number of aromatic amines is 1. The summed E-state index contributed by atoms with van der Waals surface area (Å²) in [6.07, 6.45) is 0. The number of imidazole rings is 1. The maximum atomic E-state index is 9.92. The molecule has 0 unspecified atom stereocenters. The van der Waals surface area contributed by atoms with Crippen LogP contribution in [-0.4, -0.2) is 20.2 Å². The number of fused-ring (bicyclic) bond motifs is 1. The van der Waals surface area contributed by atoms with Gasteiger partial charge >= 0.3 is 0 Å². The Morgan fingerprint density at radius 2 is 1.78 bits per heavy atom. The van der Waals surface area contributed by atoms with Crippen molar-refractivity contribution in [2.24, 2.45) is 0 Å². The van der Waals surface area contributed by atoms with Crippen molar-refractivity contribution in [2.45, 2.75) is 0 Å². The van der Waals surface area contributed by atoms with Crippen molar-refractivity contribution in [1.82, 2.24) is 9.97 Å². The molecule has 3 aromatic rings. The Kier molecular flexibility index (Phi) is 2.48. The number of phenolic OH excluding ortho intramolecular Hbond substituents is 2. The van der Waals surface area contributed by atoms with E-state index in [0.29, 0.717) is 15.9 Å². The van der Waals surface area contributed by atoms with E-state index in [0.717, 1.165) is 11.0 Å². The average Bonchev–Trinajstić information content (AvgIpc) is 2.79. The molecule has 0 saturated heterocycles. The summed E-state index contributed by atoms with van der Waals surface area (Å²) in [7, 11) is 0. The first-order valence-electron chi connectivity index (χ1n) is 5.32. The van der Waals surface area contributed by atoms with Gasteiger partial charge in [0.25, 0.3) is 0 Å². The molecule has 90 valence electrons. The van der Waals surface area contributed by atoms with E-state index >= 15 is 0 Å². The number of para-hydroxylation sites is 2. The number of H-pyrrole nitrogens is 1. The minimum Gasteiger partial charge on any atom is -0.504 e. The Balaban J connectivity index is 2.23. The molecule has 0 bridgehead atoms. The van der Waals surface area contributed by atoms with Crippen molar-refractivity contribution < 1.29 is 10.2 Å². The third kappa shape index (κ3) is 1.64. The molecule has 0 radical (unpaired) electrons. The summed E-state index contributed by atoms with van der Waals surface area (Å²) in [5.74, 6) is 0.146. The van der Waals surface area contributed by atoms with Gasteiger partial charge in [0, 0.05) is 0 Å². The van der Waals surface area contributed by atoms with Crippen LogP contribution in [-0.2, 0) is 0 Å². The van der Waals surface area contributed by atoms with Gasteiger partial charge in [-0.05, 0) is 40.2 Å². The van der Waals surface area contributed by atoms with Gasteiger partial charge in [0.15, 0.2) is 11.5 Å². The van der Waals surface area contributed by atoms with E-state index in [9.17, 15) is 10.2 Å². The van der Waals surface area contributed by atoms with Crippen LogP contribution in [0, 0.1) is 0 Å². The summed E-state index contributed by atoms with van der Waals surface area (Å²) in [4.78, 5) is 7.47. The molecule has 18 heavy (non-hydrogen) atoms. The zero-order valence-electron chi connectivity index (χ0n) is 9.18. The van der Waals surface area contributed by atoms with E-state index in [1.165, 1.54) is 0 Å². The molecule has 5 heteroatoms. The van der Waals surface area contributed by atoms with Crippen molar-refractivity contribution >= 4 is 27.0 Å². The molecule has 0 aliphatic carbocycles. The second-order valence-corrected chi connectivity index (χ2v) is 4.75. The predicted octanol–water partition coefficient (Wildman–Crippen LogP) is 3.40. The average molecular weight is 305 g/mol. The van der Waals surface area contributed by atoms with Gasteiger partial charge in [0.1, 0.15) is 5.82 Å². The second-order valence-electron chi connectivity index (χ2n) is 3.89. The van der Waals surface area contributed by atoms with Crippen LogP contribution in [0.3, 0.4) is 0 Å². The van der Waals surface area contributed by atoms with Gasteiger partial charge in [-0.1, -0.05) is 12.1 Å². The molecule has 4 nitrogen and oxygen atoms in total. The lowest BCUT2D eigenvalue weighted by molar-refractivity contribution is 0.402. The second kappa shape index (κ2) is 4.03. The number of phenols is 2. The monoisotopic (exact) mass is 304 g/mol. The number of benzene rings is 2. The van der Waals surface area contributed by atoms with Gasteiger partial charge in [-0.3, -0.25) is 0 Å². The van der Waals surface area contributed by atoms with E-state index < -0.39 is 0 Å². The van der Waals surface area contributed by atoms with Gasteiger partial charge in [-0.15, -0.1) is 0 Å². The van der Waals surface area contributed by atoms with Crippen LogP contribution < -0.4 is 0 Å². The summed E-state index contributed by atoms with van der Waals surface area (Å²) < 4.78 is 0.444.